The van der Waals surface area contributed by atoms with Crippen LogP contribution in [0.2, 0.25) is 0 Å². The number of hydrogen-bond acceptors (Lipinski definition) is 4. The first-order chi connectivity index (χ1) is 7.69. The topological polar surface area (TPSA) is 72.7 Å². The molecule has 0 unspecified atom stereocenters. The van der Waals surface area contributed by atoms with Gasteiger partial charge in [-0.1, -0.05) is 6.07 Å². The standard InChI is InChI=1S/C12H17NO3/c1-13-10-4-2-7-8(12(10)16)3-5-11(15)9(7)6-14/h3,5,10,12-16H,2,4,6H2,1H3/t10-,12-/m1/s1. The highest BCUT2D eigenvalue weighted by atomic mass is 16.3. The second-order valence-corrected chi connectivity index (χ2v) is 4.17. The van der Waals surface area contributed by atoms with Crippen molar-refractivity contribution in [3.63, 3.8) is 0 Å². The van der Waals surface area contributed by atoms with Gasteiger partial charge in [0, 0.05) is 11.6 Å². The van der Waals surface area contributed by atoms with Crippen LogP contribution in [0, 0.1) is 0 Å². The Balaban J connectivity index is 2.47. The molecule has 1 aromatic carbocycles. The van der Waals surface area contributed by atoms with E-state index in [2.05, 4.69) is 5.32 Å². The first-order valence-electron chi connectivity index (χ1n) is 5.48. The molecule has 0 saturated carbocycles. The summed E-state index contributed by atoms with van der Waals surface area (Å²) in [5.41, 5.74) is 2.25. The van der Waals surface area contributed by atoms with Gasteiger partial charge in [0.25, 0.3) is 0 Å². The Labute approximate surface area is 94.5 Å². The summed E-state index contributed by atoms with van der Waals surface area (Å²) in [5, 5.41) is 32.0. The third-order valence-corrected chi connectivity index (χ3v) is 3.38. The van der Waals surface area contributed by atoms with Gasteiger partial charge in [0.15, 0.2) is 0 Å². The molecule has 0 aliphatic heterocycles. The van der Waals surface area contributed by atoms with E-state index in [0.29, 0.717) is 5.56 Å². The third kappa shape index (κ3) is 1.69. The summed E-state index contributed by atoms with van der Waals surface area (Å²) in [7, 11) is 1.83. The summed E-state index contributed by atoms with van der Waals surface area (Å²) in [6.07, 6.45) is 1.00. The lowest BCUT2D eigenvalue weighted by atomic mass is 9.83. The lowest BCUT2D eigenvalue weighted by Gasteiger charge is -2.31. The molecule has 0 amide bonds. The molecular weight excluding hydrogens is 206 g/mol. The number of benzene rings is 1. The molecule has 4 N–H and O–H groups in total. The highest BCUT2D eigenvalue weighted by molar-refractivity contribution is 5.46. The molecule has 4 heteroatoms. The van der Waals surface area contributed by atoms with Crippen LogP contribution >= 0.6 is 0 Å². The van der Waals surface area contributed by atoms with E-state index in [0.717, 1.165) is 24.0 Å². The van der Waals surface area contributed by atoms with Gasteiger partial charge in [0.05, 0.1) is 12.7 Å². The third-order valence-electron chi connectivity index (χ3n) is 3.38. The fraction of sp³-hybridized carbons (Fsp3) is 0.500. The van der Waals surface area contributed by atoms with E-state index < -0.39 is 6.10 Å². The van der Waals surface area contributed by atoms with Crippen molar-refractivity contribution in [3.8, 4) is 5.75 Å². The van der Waals surface area contributed by atoms with Gasteiger partial charge in [0.1, 0.15) is 5.75 Å². The average molecular weight is 223 g/mol. The number of fused-ring (bicyclic) bond motifs is 1. The van der Waals surface area contributed by atoms with E-state index in [1.54, 1.807) is 6.07 Å². The number of aromatic hydroxyl groups is 1. The van der Waals surface area contributed by atoms with Crippen molar-refractivity contribution >= 4 is 0 Å². The van der Waals surface area contributed by atoms with Gasteiger partial charge in [-0.25, -0.2) is 0 Å². The Kier molecular flexibility index (Phi) is 3.14. The lowest BCUT2D eigenvalue weighted by molar-refractivity contribution is 0.118. The number of likely N-dealkylation sites (N-methyl/N-ethyl adjacent to an activating group) is 1. The summed E-state index contributed by atoms with van der Waals surface area (Å²) in [6.45, 7) is -0.189. The van der Waals surface area contributed by atoms with Crippen LogP contribution in [-0.2, 0) is 13.0 Å². The maximum absolute atomic E-state index is 10.1. The monoisotopic (exact) mass is 223 g/mol. The van der Waals surface area contributed by atoms with E-state index in [4.69, 9.17) is 0 Å². The van der Waals surface area contributed by atoms with Crippen molar-refractivity contribution in [1.29, 1.82) is 0 Å². The predicted molar refractivity (Wildman–Crippen MR) is 60.2 cm³/mol. The molecule has 0 aromatic heterocycles. The van der Waals surface area contributed by atoms with Crippen molar-refractivity contribution in [2.75, 3.05) is 7.05 Å². The summed E-state index contributed by atoms with van der Waals surface area (Å²) < 4.78 is 0. The largest absolute Gasteiger partial charge is 0.508 e. The molecule has 0 heterocycles. The highest BCUT2D eigenvalue weighted by Gasteiger charge is 2.28. The molecule has 88 valence electrons. The maximum Gasteiger partial charge on any atom is 0.121 e. The Morgan fingerprint density at radius 1 is 1.44 bits per heavy atom. The quantitative estimate of drug-likeness (QED) is 0.587. The van der Waals surface area contributed by atoms with Gasteiger partial charge in [-0.3, -0.25) is 0 Å². The molecule has 0 spiro atoms. The van der Waals surface area contributed by atoms with Gasteiger partial charge < -0.3 is 20.6 Å². The van der Waals surface area contributed by atoms with Crippen LogP contribution < -0.4 is 5.32 Å². The number of phenols is 1. The number of aliphatic hydroxyl groups excluding tert-OH is 2. The number of rotatable bonds is 2. The van der Waals surface area contributed by atoms with Crippen LogP contribution in [0.4, 0.5) is 0 Å². The molecule has 1 aromatic rings. The van der Waals surface area contributed by atoms with Crippen LogP contribution in [0.5, 0.6) is 5.75 Å². The van der Waals surface area contributed by atoms with E-state index in [1.165, 1.54) is 6.07 Å². The van der Waals surface area contributed by atoms with Gasteiger partial charge >= 0.3 is 0 Å². The van der Waals surface area contributed by atoms with Gasteiger partial charge in [-0.05, 0) is 37.1 Å². The van der Waals surface area contributed by atoms with Crippen molar-refractivity contribution in [3.05, 3.63) is 28.8 Å². The summed E-state index contributed by atoms with van der Waals surface area (Å²) in [5.74, 6) is 0.108. The number of aliphatic hydroxyl groups is 2. The zero-order chi connectivity index (χ0) is 11.7. The predicted octanol–water partition coefficient (Wildman–Crippen LogP) is 0.452. The summed E-state index contributed by atoms with van der Waals surface area (Å²) in [4.78, 5) is 0. The lowest BCUT2D eigenvalue weighted by Crippen LogP contribution is -2.36. The zero-order valence-electron chi connectivity index (χ0n) is 9.27. The van der Waals surface area contributed by atoms with E-state index in [9.17, 15) is 15.3 Å². The molecule has 2 atom stereocenters. The zero-order valence-corrected chi connectivity index (χ0v) is 9.27. The average Bonchev–Trinajstić information content (AvgIpc) is 2.29. The second kappa shape index (κ2) is 4.41. The first-order valence-corrected chi connectivity index (χ1v) is 5.48. The van der Waals surface area contributed by atoms with Crippen molar-refractivity contribution in [2.24, 2.45) is 0 Å². The minimum Gasteiger partial charge on any atom is -0.508 e. The normalized spacial score (nSPS) is 24.2. The summed E-state index contributed by atoms with van der Waals surface area (Å²) >= 11 is 0. The molecule has 1 aliphatic carbocycles. The van der Waals surface area contributed by atoms with Gasteiger partial charge in [0.2, 0.25) is 0 Å². The van der Waals surface area contributed by atoms with Crippen molar-refractivity contribution in [1.82, 2.24) is 5.32 Å². The molecule has 0 saturated heterocycles. The minimum absolute atomic E-state index is 0.0450. The van der Waals surface area contributed by atoms with E-state index >= 15 is 0 Å². The first kappa shape index (κ1) is 11.4. The Morgan fingerprint density at radius 2 is 2.19 bits per heavy atom. The number of nitrogens with one attached hydrogen (secondary N) is 1. The van der Waals surface area contributed by atoms with Crippen LogP contribution in [0.1, 0.15) is 29.2 Å². The molecule has 1 aliphatic rings. The Hall–Kier alpha value is -1.10. The fourth-order valence-corrected chi connectivity index (χ4v) is 2.42. The molecule has 0 bridgehead atoms. The van der Waals surface area contributed by atoms with Crippen LogP contribution in [0.3, 0.4) is 0 Å². The van der Waals surface area contributed by atoms with Crippen molar-refractivity contribution < 1.29 is 15.3 Å². The number of hydrogen-bond donors (Lipinski definition) is 4. The molecule has 0 radical (unpaired) electrons. The smallest absolute Gasteiger partial charge is 0.121 e. The maximum atomic E-state index is 10.1. The second-order valence-electron chi connectivity index (χ2n) is 4.17. The molecule has 0 fully saturated rings. The molecular formula is C12H17NO3. The van der Waals surface area contributed by atoms with Crippen LogP contribution in [-0.4, -0.2) is 28.4 Å². The van der Waals surface area contributed by atoms with Crippen LogP contribution in [0.25, 0.3) is 0 Å². The summed E-state index contributed by atoms with van der Waals surface area (Å²) in [6, 6.07) is 3.31. The van der Waals surface area contributed by atoms with Crippen LogP contribution in [0.15, 0.2) is 12.1 Å². The van der Waals surface area contributed by atoms with Gasteiger partial charge in [-0.15, -0.1) is 0 Å². The SMILES string of the molecule is CN[C@@H]1CCc2c(ccc(O)c2CO)[C@H]1O. The van der Waals surface area contributed by atoms with E-state index in [-0.39, 0.29) is 18.4 Å². The molecule has 2 rings (SSSR count). The Bertz CT molecular complexity index is 392. The van der Waals surface area contributed by atoms with Crippen molar-refractivity contribution in [2.45, 2.75) is 31.6 Å². The highest BCUT2D eigenvalue weighted by Crippen LogP contribution is 2.35. The Morgan fingerprint density at radius 3 is 2.81 bits per heavy atom. The van der Waals surface area contributed by atoms with Gasteiger partial charge in [-0.2, -0.15) is 0 Å². The van der Waals surface area contributed by atoms with E-state index in [1.807, 2.05) is 7.05 Å². The minimum atomic E-state index is -0.570. The molecule has 16 heavy (non-hydrogen) atoms. The fourth-order valence-electron chi connectivity index (χ4n) is 2.42. The molecule has 4 nitrogen and oxygen atoms in total.